The third kappa shape index (κ3) is 3.69. The van der Waals surface area contributed by atoms with Gasteiger partial charge in [0.15, 0.2) is 0 Å². The lowest BCUT2D eigenvalue weighted by Gasteiger charge is -2.23. The maximum Gasteiger partial charge on any atom is 0.325 e. The smallest absolute Gasteiger partial charge is 0.325 e. The van der Waals surface area contributed by atoms with Gasteiger partial charge in [0.05, 0.1) is 0 Å². The van der Waals surface area contributed by atoms with Crippen LogP contribution in [-0.2, 0) is 9.59 Å². The molecule has 0 radical (unpaired) electrons. The van der Waals surface area contributed by atoms with Crippen molar-refractivity contribution in [2.24, 2.45) is 5.92 Å². The zero-order chi connectivity index (χ0) is 15.5. The van der Waals surface area contributed by atoms with Crippen LogP contribution in [0, 0.1) is 5.92 Å². The lowest BCUT2D eigenvalue weighted by Crippen LogP contribution is -2.47. The van der Waals surface area contributed by atoms with Crippen LogP contribution in [0.1, 0.15) is 34.1 Å². The van der Waals surface area contributed by atoms with Crippen molar-refractivity contribution in [1.29, 1.82) is 0 Å². The van der Waals surface area contributed by atoms with E-state index in [1.807, 2.05) is 13.8 Å². The van der Waals surface area contributed by atoms with Crippen molar-refractivity contribution < 1.29 is 19.5 Å². The quantitative estimate of drug-likeness (QED) is 0.591. The highest BCUT2D eigenvalue weighted by Crippen LogP contribution is 2.16. The third-order valence-corrected chi connectivity index (χ3v) is 3.34. The van der Waals surface area contributed by atoms with Crippen LogP contribution in [0.3, 0.4) is 0 Å². The molecule has 0 spiro atoms. The van der Waals surface area contributed by atoms with Crippen LogP contribution in [0.5, 0.6) is 0 Å². The topological polar surface area (TPSA) is 98.7 Å². The van der Waals surface area contributed by atoms with Gasteiger partial charge in [-0.2, -0.15) is 0 Å². The summed E-state index contributed by atoms with van der Waals surface area (Å²) in [5.74, 6) is -0.662. The van der Waals surface area contributed by atoms with E-state index in [9.17, 15) is 14.4 Å². The fourth-order valence-corrected chi connectivity index (χ4v) is 2.07. The highest BCUT2D eigenvalue weighted by Gasteiger charge is 2.44. The minimum Gasteiger partial charge on any atom is -0.396 e. The van der Waals surface area contributed by atoms with Crippen molar-refractivity contribution in [1.82, 2.24) is 15.5 Å². The second-order valence-corrected chi connectivity index (χ2v) is 5.88. The summed E-state index contributed by atoms with van der Waals surface area (Å²) < 4.78 is 0. The molecular weight excluding hydrogens is 262 g/mol. The van der Waals surface area contributed by atoms with Crippen molar-refractivity contribution in [3.63, 3.8) is 0 Å². The van der Waals surface area contributed by atoms with Crippen molar-refractivity contribution >= 4 is 17.8 Å². The largest absolute Gasteiger partial charge is 0.396 e. The Morgan fingerprint density at radius 1 is 1.40 bits per heavy atom. The molecule has 1 fully saturated rings. The number of nitrogens with zero attached hydrogens (tertiary/aromatic N) is 1. The van der Waals surface area contributed by atoms with Crippen LogP contribution in [0.25, 0.3) is 0 Å². The molecule has 1 aliphatic heterocycles. The maximum atomic E-state index is 11.9. The standard InChI is InChI=1S/C13H23N3O4/c1-8(2)9(5-6-17)14-10(18)7-16-11(19)13(3,4)15-12(16)20/h8-9,17H,5-7H2,1-4H3,(H,14,18)(H,15,20). The summed E-state index contributed by atoms with van der Waals surface area (Å²) in [6, 6.07) is -0.736. The SMILES string of the molecule is CC(C)C(CCO)NC(=O)CN1C(=O)NC(C)(C)C1=O. The molecule has 1 rings (SSSR count). The van der Waals surface area contributed by atoms with Gasteiger partial charge >= 0.3 is 6.03 Å². The van der Waals surface area contributed by atoms with Crippen LogP contribution < -0.4 is 10.6 Å². The van der Waals surface area contributed by atoms with Gasteiger partial charge in [0.25, 0.3) is 5.91 Å². The van der Waals surface area contributed by atoms with Gasteiger partial charge in [0.1, 0.15) is 12.1 Å². The van der Waals surface area contributed by atoms with E-state index < -0.39 is 23.4 Å². The number of urea groups is 1. The number of aliphatic hydroxyl groups excluding tert-OH is 1. The molecule has 0 saturated carbocycles. The van der Waals surface area contributed by atoms with E-state index in [2.05, 4.69) is 10.6 Å². The molecule has 3 N–H and O–H groups in total. The summed E-state index contributed by atoms with van der Waals surface area (Å²) in [5, 5.41) is 14.2. The zero-order valence-corrected chi connectivity index (χ0v) is 12.4. The molecule has 0 aromatic rings. The molecule has 7 nitrogen and oxygen atoms in total. The van der Waals surface area contributed by atoms with Crippen LogP contribution in [-0.4, -0.2) is 52.6 Å². The summed E-state index contributed by atoms with van der Waals surface area (Å²) in [6.07, 6.45) is 0.440. The number of hydrogen-bond donors (Lipinski definition) is 3. The van der Waals surface area contributed by atoms with Gasteiger partial charge in [-0.05, 0) is 26.2 Å². The van der Waals surface area contributed by atoms with Gasteiger partial charge in [0.2, 0.25) is 5.91 Å². The summed E-state index contributed by atoms with van der Waals surface area (Å²) in [5.41, 5.74) is -0.972. The van der Waals surface area contributed by atoms with Crippen LogP contribution in [0.4, 0.5) is 4.79 Å². The number of carbonyl (C=O) groups excluding carboxylic acids is 3. The summed E-state index contributed by atoms with van der Waals surface area (Å²) >= 11 is 0. The predicted octanol–water partition coefficient (Wildman–Crippen LogP) is -0.160. The maximum absolute atomic E-state index is 11.9. The molecule has 20 heavy (non-hydrogen) atoms. The highest BCUT2D eigenvalue weighted by molar-refractivity contribution is 6.08. The number of hydrogen-bond acceptors (Lipinski definition) is 4. The van der Waals surface area contributed by atoms with Crippen molar-refractivity contribution in [3.8, 4) is 0 Å². The zero-order valence-electron chi connectivity index (χ0n) is 12.4. The Hall–Kier alpha value is -1.63. The summed E-state index contributed by atoms with van der Waals surface area (Å²) in [7, 11) is 0. The number of carbonyl (C=O) groups is 3. The molecular formula is C13H23N3O4. The Kier molecular flexibility index (Phi) is 5.10. The monoisotopic (exact) mass is 285 g/mol. The molecule has 0 bridgehead atoms. The minimum atomic E-state index is -0.972. The number of imide groups is 1. The van der Waals surface area contributed by atoms with Gasteiger partial charge in [-0.15, -0.1) is 0 Å². The van der Waals surface area contributed by atoms with E-state index in [0.717, 1.165) is 4.90 Å². The molecule has 0 aromatic carbocycles. The van der Waals surface area contributed by atoms with Gasteiger partial charge in [0, 0.05) is 12.6 Å². The summed E-state index contributed by atoms with van der Waals surface area (Å²) in [6.45, 7) is 6.71. The normalized spacial score (nSPS) is 19.2. The van der Waals surface area contributed by atoms with Gasteiger partial charge in [-0.25, -0.2) is 4.79 Å². The fourth-order valence-electron chi connectivity index (χ4n) is 2.07. The predicted molar refractivity (Wildman–Crippen MR) is 72.8 cm³/mol. The first-order chi connectivity index (χ1) is 9.19. The van der Waals surface area contributed by atoms with E-state index in [0.29, 0.717) is 6.42 Å². The molecule has 1 unspecified atom stereocenters. The number of nitrogens with one attached hydrogen (secondary N) is 2. The highest BCUT2D eigenvalue weighted by atomic mass is 16.3. The average Bonchev–Trinajstić information content (AvgIpc) is 2.51. The van der Waals surface area contributed by atoms with Crippen molar-refractivity contribution in [3.05, 3.63) is 0 Å². The molecule has 1 atom stereocenters. The molecule has 1 heterocycles. The van der Waals surface area contributed by atoms with Crippen LogP contribution in [0.15, 0.2) is 0 Å². The number of aliphatic hydroxyl groups is 1. The third-order valence-electron chi connectivity index (χ3n) is 3.34. The molecule has 7 heteroatoms. The Balaban J connectivity index is 2.62. The second kappa shape index (κ2) is 6.21. The molecule has 1 aliphatic rings. The lowest BCUT2D eigenvalue weighted by atomic mass is 10.0. The molecule has 4 amide bonds. The van der Waals surface area contributed by atoms with Gasteiger partial charge < -0.3 is 15.7 Å². The van der Waals surface area contributed by atoms with E-state index in [-0.39, 0.29) is 25.1 Å². The van der Waals surface area contributed by atoms with E-state index in [4.69, 9.17) is 5.11 Å². The van der Waals surface area contributed by atoms with E-state index in [1.54, 1.807) is 13.8 Å². The minimum absolute atomic E-state index is 0.0285. The van der Waals surface area contributed by atoms with Gasteiger partial charge in [-0.3, -0.25) is 14.5 Å². The van der Waals surface area contributed by atoms with Crippen molar-refractivity contribution in [2.45, 2.75) is 45.7 Å². The van der Waals surface area contributed by atoms with Crippen LogP contribution in [0.2, 0.25) is 0 Å². The first-order valence-electron chi connectivity index (χ1n) is 6.73. The molecule has 1 saturated heterocycles. The average molecular weight is 285 g/mol. The lowest BCUT2D eigenvalue weighted by molar-refractivity contribution is -0.134. The first kappa shape index (κ1) is 16.4. The Morgan fingerprint density at radius 3 is 2.40 bits per heavy atom. The molecule has 114 valence electrons. The van der Waals surface area contributed by atoms with E-state index >= 15 is 0 Å². The second-order valence-electron chi connectivity index (χ2n) is 5.88. The Morgan fingerprint density at radius 2 is 2.00 bits per heavy atom. The fraction of sp³-hybridized carbons (Fsp3) is 0.769. The first-order valence-corrected chi connectivity index (χ1v) is 6.73. The summed E-state index contributed by atoms with van der Waals surface area (Å²) in [4.78, 5) is 36.4. The van der Waals surface area contributed by atoms with Gasteiger partial charge in [-0.1, -0.05) is 13.8 Å². The number of amides is 4. The Bertz CT molecular complexity index is 406. The van der Waals surface area contributed by atoms with E-state index in [1.165, 1.54) is 0 Å². The van der Waals surface area contributed by atoms with Crippen LogP contribution >= 0.6 is 0 Å². The number of rotatable bonds is 6. The molecule has 0 aromatic heterocycles. The molecule has 0 aliphatic carbocycles. The Labute approximate surface area is 118 Å². The van der Waals surface area contributed by atoms with Crippen molar-refractivity contribution in [2.75, 3.05) is 13.2 Å².